The van der Waals surface area contributed by atoms with Gasteiger partial charge in [0.15, 0.2) is 0 Å². The van der Waals surface area contributed by atoms with Crippen LogP contribution in [0.3, 0.4) is 0 Å². The number of likely N-dealkylation sites (tertiary alicyclic amines) is 1. The molecule has 2 N–H and O–H groups in total. The first-order valence-corrected chi connectivity index (χ1v) is 14.2. The Kier molecular flexibility index (Phi) is 6.85. The van der Waals surface area contributed by atoms with Gasteiger partial charge in [0.2, 0.25) is 15.9 Å². The van der Waals surface area contributed by atoms with Crippen molar-refractivity contribution in [2.24, 2.45) is 11.8 Å². The number of nitrogens with one attached hydrogen (secondary N) is 2. The summed E-state index contributed by atoms with van der Waals surface area (Å²) in [4.78, 5) is 15.7. The fourth-order valence-electron chi connectivity index (χ4n) is 5.93. The van der Waals surface area contributed by atoms with Gasteiger partial charge < -0.3 is 14.8 Å². The lowest BCUT2D eigenvalue weighted by atomic mass is 9.75. The van der Waals surface area contributed by atoms with Crippen LogP contribution in [0.15, 0.2) is 41.4 Å². The zero-order chi connectivity index (χ0) is 24.4. The van der Waals surface area contributed by atoms with Gasteiger partial charge in [-0.05, 0) is 67.3 Å². The molecule has 0 radical (unpaired) electrons. The summed E-state index contributed by atoms with van der Waals surface area (Å²) in [5.41, 5.74) is 2.43. The number of anilines is 1. The molecular weight excluding hydrogens is 462 g/mol. The van der Waals surface area contributed by atoms with Gasteiger partial charge in [0, 0.05) is 38.1 Å². The minimum absolute atomic E-state index is 0.160. The van der Waals surface area contributed by atoms with Gasteiger partial charge in [0.05, 0.1) is 4.90 Å². The molecule has 1 saturated heterocycles. The molecule has 1 aliphatic carbocycles. The van der Waals surface area contributed by atoms with E-state index in [2.05, 4.69) is 16.1 Å². The number of benzene rings is 1. The summed E-state index contributed by atoms with van der Waals surface area (Å²) in [6, 6.07) is 9.85. The van der Waals surface area contributed by atoms with Gasteiger partial charge in [-0.25, -0.2) is 8.42 Å². The summed E-state index contributed by atoms with van der Waals surface area (Å²) in [5, 5.41) is 12.6. The smallest absolute Gasteiger partial charge is 0.241 e. The van der Waals surface area contributed by atoms with Crippen molar-refractivity contribution in [1.82, 2.24) is 14.2 Å². The fourth-order valence-corrected chi connectivity index (χ4v) is 7.17. The highest BCUT2D eigenvalue weighted by atomic mass is 32.2. The Labute approximate surface area is 207 Å². The highest BCUT2D eigenvalue weighted by Gasteiger charge is 2.36. The number of nitriles is 1. The molecule has 2 fully saturated rings. The second-order valence-electron chi connectivity index (χ2n) is 10.0. The number of amides is 1. The third kappa shape index (κ3) is 5.09. The molecule has 1 unspecified atom stereocenters. The van der Waals surface area contributed by atoms with E-state index in [1.807, 2.05) is 11.0 Å². The lowest BCUT2D eigenvalue weighted by Gasteiger charge is -2.42. The zero-order valence-corrected chi connectivity index (χ0v) is 20.8. The Bertz CT molecular complexity index is 1230. The Morgan fingerprint density at radius 1 is 1.20 bits per heavy atom. The Balaban J connectivity index is 1.36. The summed E-state index contributed by atoms with van der Waals surface area (Å²) in [7, 11) is -3.91. The Hall–Kier alpha value is -2.83. The quantitative estimate of drug-likeness (QED) is 0.614. The average molecular weight is 496 g/mol. The summed E-state index contributed by atoms with van der Waals surface area (Å²) in [6.45, 7) is 2.55. The molecule has 1 amide bonds. The van der Waals surface area contributed by atoms with Crippen LogP contribution in [0.25, 0.3) is 0 Å². The van der Waals surface area contributed by atoms with Crippen LogP contribution in [-0.2, 0) is 27.8 Å². The van der Waals surface area contributed by atoms with Gasteiger partial charge in [-0.2, -0.15) is 9.98 Å². The van der Waals surface area contributed by atoms with E-state index >= 15 is 0 Å². The van der Waals surface area contributed by atoms with E-state index in [1.165, 1.54) is 19.3 Å². The van der Waals surface area contributed by atoms with Crippen LogP contribution in [-0.4, -0.2) is 49.5 Å². The van der Waals surface area contributed by atoms with Gasteiger partial charge in [0.1, 0.15) is 17.8 Å². The molecule has 3 heterocycles. The lowest BCUT2D eigenvalue weighted by Crippen LogP contribution is -2.53. The van der Waals surface area contributed by atoms with Crippen LogP contribution in [0.2, 0.25) is 0 Å². The maximum Gasteiger partial charge on any atom is 0.241 e. The summed E-state index contributed by atoms with van der Waals surface area (Å²) >= 11 is 0. The molecule has 0 bridgehead atoms. The number of fused-ring (bicyclic) bond motifs is 2. The lowest BCUT2D eigenvalue weighted by molar-refractivity contribution is -0.136. The molecule has 1 aromatic heterocycles. The molecule has 1 saturated carbocycles. The maximum atomic E-state index is 13.7. The van der Waals surface area contributed by atoms with Crippen LogP contribution < -0.4 is 10.0 Å². The molecule has 1 aromatic carbocycles. The van der Waals surface area contributed by atoms with Crippen molar-refractivity contribution in [3.8, 4) is 6.07 Å². The van der Waals surface area contributed by atoms with E-state index in [0.717, 1.165) is 37.1 Å². The second-order valence-corrected chi connectivity index (χ2v) is 11.7. The number of aryl methyl sites for hydroxylation is 1. The van der Waals surface area contributed by atoms with E-state index in [4.69, 9.17) is 0 Å². The zero-order valence-electron chi connectivity index (χ0n) is 19.9. The third-order valence-electron chi connectivity index (χ3n) is 7.90. The molecule has 2 aliphatic heterocycles. The molecule has 3 aliphatic rings. The Morgan fingerprint density at radius 3 is 2.86 bits per heavy atom. The first-order chi connectivity index (χ1) is 16.9. The molecule has 35 heavy (non-hydrogen) atoms. The first-order valence-electron chi connectivity index (χ1n) is 12.7. The van der Waals surface area contributed by atoms with Crippen molar-refractivity contribution in [3.63, 3.8) is 0 Å². The first kappa shape index (κ1) is 23.9. The number of hydrogen-bond acceptors (Lipinski definition) is 5. The molecule has 186 valence electrons. The topological polar surface area (TPSA) is 107 Å². The number of piperidine rings is 1. The van der Waals surface area contributed by atoms with Crippen LogP contribution in [0.5, 0.6) is 0 Å². The van der Waals surface area contributed by atoms with Crippen molar-refractivity contribution in [3.05, 3.63) is 47.8 Å². The highest BCUT2D eigenvalue weighted by molar-refractivity contribution is 7.89. The van der Waals surface area contributed by atoms with E-state index in [-0.39, 0.29) is 17.2 Å². The number of nitrogens with zero attached hydrogens (tertiary/aromatic N) is 3. The normalized spacial score (nSPS) is 22.5. The molecule has 9 heteroatoms. The minimum Gasteiger partial charge on any atom is -0.384 e. The van der Waals surface area contributed by atoms with Crippen LogP contribution in [0.1, 0.15) is 49.8 Å². The van der Waals surface area contributed by atoms with Crippen LogP contribution in [0, 0.1) is 23.2 Å². The minimum atomic E-state index is -3.91. The van der Waals surface area contributed by atoms with Gasteiger partial charge in [-0.1, -0.05) is 25.3 Å². The van der Waals surface area contributed by atoms with E-state index < -0.39 is 16.1 Å². The predicted octanol–water partition coefficient (Wildman–Crippen LogP) is 3.10. The van der Waals surface area contributed by atoms with Crippen molar-refractivity contribution in [2.75, 3.05) is 25.0 Å². The van der Waals surface area contributed by atoms with Crippen molar-refractivity contribution >= 4 is 21.6 Å². The van der Waals surface area contributed by atoms with E-state index in [9.17, 15) is 18.5 Å². The third-order valence-corrected chi connectivity index (χ3v) is 9.37. The SMILES string of the molecule is N#Cc1cccn1CCC(NS(=O)(=O)c1ccc2c(c1)NCC2)C(=O)N1CC[C@H]2CCCC[C@@H]2C1. The molecule has 5 rings (SSSR count). The fraction of sp³-hybridized carbons (Fsp3) is 0.538. The summed E-state index contributed by atoms with van der Waals surface area (Å²) in [5.74, 6) is 1.03. The number of hydrogen-bond donors (Lipinski definition) is 2. The summed E-state index contributed by atoms with van der Waals surface area (Å²) < 4.78 is 31.2. The predicted molar refractivity (Wildman–Crippen MR) is 133 cm³/mol. The molecule has 3 atom stereocenters. The number of carbonyl (C=O) groups is 1. The van der Waals surface area contributed by atoms with Gasteiger partial charge >= 0.3 is 0 Å². The number of rotatable bonds is 7. The van der Waals surface area contributed by atoms with E-state index in [0.29, 0.717) is 37.2 Å². The van der Waals surface area contributed by atoms with Gasteiger partial charge in [0.25, 0.3) is 0 Å². The van der Waals surface area contributed by atoms with E-state index in [1.54, 1.807) is 35.0 Å². The molecule has 8 nitrogen and oxygen atoms in total. The summed E-state index contributed by atoms with van der Waals surface area (Å²) in [6.07, 6.45) is 8.77. The van der Waals surface area contributed by atoms with Crippen molar-refractivity contribution in [2.45, 2.75) is 62.4 Å². The van der Waals surface area contributed by atoms with Gasteiger partial charge in [-0.15, -0.1) is 0 Å². The molecular formula is C26H33N5O3S. The van der Waals surface area contributed by atoms with Gasteiger partial charge in [-0.3, -0.25) is 4.79 Å². The largest absolute Gasteiger partial charge is 0.384 e. The monoisotopic (exact) mass is 495 g/mol. The Morgan fingerprint density at radius 2 is 2.03 bits per heavy atom. The number of sulfonamides is 1. The van der Waals surface area contributed by atoms with Crippen molar-refractivity contribution in [1.29, 1.82) is 5.26 Å². The number of carbonyl (C=O) groups excluding carboxylic acids is 1. The maximum absolute atomic E-state index is 13.7. The van der Waals surface area contributed by atoms with Crippen LogP contribution in [0.4, 0.5) is 5.69 Å². The molecule has 2 aromatic rings. The number of aromatic nitrogens is 1. The van der Waals surface area contributed by atoms with Crippen LogP contribution >= 0.6 is 0 Å². The van der Waals surface area contributed by atoms with Crippen molar-refractivity contribution < 1.29 is 13.2 Å². The standard InChI is InChI=1S/C26H33N5O3S/c27-17-22-6-3-13-30(22)15-11-24(26(32)31-14-10-19-4-1-2-5-21(19)18-31)29-35(33,34)23-8-7-20-9-12-28-25(20)16-23/h3,6-8,13,16,19,21,24,28-29H,1-2,4-5,9-12,14-15,18H2/t19-,21-,24?/m1/s1. The highest BCUT2D eigenvalue weighted by Crippen LogP contribution is 2.36. The average Bonchev–Trinajstić information content (AvgIpc) is 3.54. The molecule has 0 spiro atoms. The second kappa shape index (κ2) is 10.0.